The zero-order chi connectivity index (χ0) is 11.4. The average molecular weight is 234 g/mol. The van der Waals surface area contributed by atoms with Crippen LogP contribution in [0.4, 0.5) is 0 Å². The zero-order valence-corrected chi connectivity index (χ0v) is 10.1. The highest BCUT2D eigenvalue weighted by molar-refractivity contribution is 6.30. The summed E-state index contributed by atoms with van der Waals surface area (Å²) in [5.74, 6) is 0. The second-order valence-electron chi connectivity index (χ2n) is 4.04. The monoisotopic (exact) mass is 233 g/mol. The first-order chi connectivity index (χ1) is 7.79. The fourth-order valence-corrected chi connectivity index (χ4v) is 2.20. The third kappa shape index (κ3) is 2.75. The van der Waals surface area contributed by atoms with Gasteiger partial charge in [-0.15, -0.1) is 6.58 Å². The molecule has 0 unspecified atom stereocenters. The Hall–Kier alpha value is -1.05. The van der Waals surface area contributed by atoms with Crippen LogP contribution >= 0.6 is 11.6 Å². The van der Waals surface area contributed by atoms with Crippen molar-refractivity contribution in [2.24, 2.45) is 0 Å². The molecule has 0 aliphatic carbocycles. The second-order valence-corrected chi connectivity index (χ2v) is 4.47. The lowest BCUT2D eigenvalue weighted by Gasteiger charge is -2.25. The van der Waals surface area contributed by atoms with E-state index in [0.29, 0.717) is 0 Å². The number of rotatable bonds is 3. The summed E-state index contributed by atoms with van der Waals surface area (Å²) in [4.78, 5) is 2.38. The predicted molar refractivity (Wildman–Crippen MR) is 70.7 cm³/mol. The predicted octanol–water partition coefficient (Wildman–Crippen LogP) is 3.62. The van der Waals surface area contributed by atoms with Gasteiger partial charge in [0.25, 0.3) is 0 Å². The highest BCUT2D eigenvalue weighted by Gasteiger charge is 2.11. The van der Waals surface area contributed by atoms with Crippen molar-refractivity contribution in [1.82, 2.24) is 4.90 Å². The van der Waals surface area contributed by atoms with Crippen LogP contribution in [-0.2, 0) is 0 Å². The molecule has 16 heavy (non-hydrogen) atoms. The maximum Gasteiger partial charge on any atom is 0.0412 e. The van der Waals surface area contributed by atoms with Crippen molar-refractivity contribution < 1.29 is 0 Å². The normalized spacial score (nSPS) is 16.9. The van der Waals surface area contributed by atoms with E-state index in [0.717, 1.165) is 31.1 Å². The van der Waals surface area contributed by atoms with Crippen molar-refractivity contribution in [3.8, 4) is 0 Å². The first-order valence-electron chi connectivity index (χ1n) is 5.58. The smallest absolute Gasteiger partial charge is 0.0412 e. The lowest BCUT2D eigenvalue weighted by Crippen LogP contribution is -2.28. The van der Waals surface area contributed by atoms with Gasteiger partial charge in [0.15, 0.2) is 0 Å². The summed E-state index contributed by atoms with van der Waals surface area (Å²) in [6.45, 7) is 6.84. The van der Waals surface area contributed by atoms with Crippen LogP contribution in [0, 0.1) is 0 Å². The van der Waals surface area contributed by atoms with Crippen molar-refractivity contribution in [1.29, 1.82) is 0 Å². The van der Waals surface area contributed by atoms with Gasteiger partial charge in [-0.05, 0) is 29.7 Å². The van der Waals surface area contributed by atoms with Crippen LogP contribution in [0.15, 0.2) is 43.0 Å². The van der Waals surface area contributed by atoms with Crippen LogP contribution in [0.5, 0.6) is 0 Å². The molecule has 1 aromatic carbocycles. The molecule has 2 heteroatoms. The van der Waals surface area contributed by atoms with E-state index in [1.54, 1.807) is 0 Å². The van der Waals surface area contributed by atoms with Crippen molar-refractivity contribution >= 4 is 17.2 Å². The molecule has 0 amide bonds. The molecule has 0 saturated heterocycles. The van der Waals surface area contributed by atoms with Crippen LogP contribution in [0.2, 0.25) is 5.02 Å². The van der Waals surface area contributed by atoms with E-state index in [2.05, 4.69) is 23.6 Å². The summed E-state index contributed by atoms with van der Waals surface area (Å²) >= 11 is 5.99. The van der Waals surface area contributed by atoms with Gasteiger partial charge in [-0.3, -0.25) is 4.90 Å². The molecule has 0 aromatic heterocycles. The first kappa shape index (κ1) is 11.4. The first-order valence-corrected chi connectivity index (χ1v) is 5.95. The molecule has 0 fully saturated rings. The lowest BCUT2D eigenvalue weighted by molar-refractivity contribution is 0.335. The topological polar surface area (TPSA) is 3.24 Å². The van der Waals surface area contributed by atoms with E-state index < -0.39 is 0 Å². The van der Waals surface area contributed by atoms with Crippen LogP contribution in [0.25, 0.3) is 5.57 Å². The van der Waals surface area contributed by atoms with Gasteiger partial charge < -0.3 is 0 Å². The average Bonchev–Trinajstić information content (AvgIpc) is 2.30. The van der Waals surface area contributed by atoms with E-state index in [9.17, 15) is 0 Å². The summed E-state index contributed by atoms with van der Waals surface area (Å²) in [5.41, 5.74) is 2.66. The molecular formula is C14H16ClN. The van der Waals surface area contributed by atoms with Crippen LogP contribution in [0.1, 0.15) is 12.0 Å². The standard InChI is InChI=1S/C14H16ClN/c1-2-8-16-9-6-12(7-10-16)13-4-3-5-14(15)11-13/h2-6,11H,1,7-10H2. The maximum atomic E-state index is 5.99. The highest BCUT2D eigenvalue weighted by Crippen LogP contribution is 2.24. The summed E-state index contributed by atoms with van der Waals surface area (Å²) < 4.78 is 0. The number of hydrogen-bond donors (Lipinski definition) is 0. The third-order valence-corrected chi connectivity index (χ3v) is 3.11. The molecule has 0 spiro atoms. The number of benzene rings is 1. The fourth-order valence-electron chi connectivity index (χ4n) is 2.01. The Morgan fingerprint density at radius 3 is 2.94 bits per heavy atom. The Morgan fingerprint density at radius 1 is 1.44 bits per heavy atom. The third-order valence-electron chi connectivity index (χ3n) is 2.88. The molecule has 84 valence electrons. The van der Waals surface area contributed by atoms with Crippen LogP contribution in [-0.4, -0.2) is 24.5 Å². The molecule has 2 rings (SSSR count). The molecule has 0 bridgehead atoms. The van der Waals surface area contributed by atoms with E-state index >= 15 is 0 Å². The Morgan fingerprint density at radius 2 is 2.31 bits per heavy atom. The number of hydrogen-bond acceptors (Lipinski definition) is 1. The molecule has 1 aliphatic rings. The van der Waals surface area contributed by atoms with Crippen molar-refractivity contribution in [2.75, 3.05) is 19.6 Å². The molecule has 1 aliphatic heterocycles. The van der Waals surface area contributed by atoms with Crippen LogP contribution in [0.3, 0.4) is 0 Å². The van der Waals surface area contributed by atoms with Gasteiger partial charge in [0.05, 0.1) is 0 Å². The van der Waals surface area contributed by atoms with Gasteiger partial charge in [0.1, 0.15) is 0 Å². The second kappa shape index (κ2) is 5.33. The Kier molecular flexibility index (Phi) is 3.81. The molecule has 1 nitrogen and oxygen atoms in total. The molecular weight excluding hydrogens is 218 g/mol. The van der Waals surface area contributed by atoms with Crippen LogP contribution < -0.4 is 0 Å². The number of nitrogens with zero attached hydrogens (tertiary/aromatic N) is 1. The lowest BCUT2D eigenvalue weighted by atomic mass is 9.99. The minimum atomic E-state index is 0.812. The summed E-state index contributed by atoms with van der Waals surface area (Å²) in [6.07, 6.45) is 5.34. The van der Waals surface area contributed by atoms with E-state index in [1.807, 2.05) is 24.3 Å². The quantitative estimate of drug-likeness (QED) is 0.721. The van der Waals surface area contributed by atoms with Gasteiger partial charge in [0, 0.05) is 24.7 Å². The van der Waals surface area contributed by atoms with Crippen molar-refractivity contribution in [2.45, 2.75) is 6.42 Å². The summed E-state index contributed by atoms with van der Waals surface area (Å²) in [6, 6.07) is 8.09. The SMILES string of the molecule is C=CCN1CC=C(c2cccc(Cl)c2)CC1. The van der Waals surface area contributed by atoms with Gasteiger partial charge >= 0.3 is 0 Å². The molecule has 0 atom stereocenters. The largest absolute Gasteiger partial charge is 0.296 e. The van der Waals surface area contributed by atoms with Gasteiger partial charge in [-0.1, -0.05) is 35.9 Å². The Balaban J connectivity index is 2.10. The number of halogens is 1. The summed E-state index contributed by atoms with van der Waals surface area (Å²) in [7, 11) is 0. The van der Waals surface area contributed by atoms with Crippen molar-refractivity contribution in [3.05, 3.63) is 53.6 Å². The van der Waals surface area contributed by atoms with E-state index in [1.165, 1.54) is 11.1 Å². The highest BCUT2D eigenvalue weighted by atomic mass is 35.5. The Labute approximate surface area is 102 Å². The zero-order valence-electron chi connectivity index (χ0n) is 9.32. The minimum Gasteiger partial charge on any atom is -0.296 e. The molecule has 1 aromatic rings. The molecule has 0 saturated carbocycles. The van der Waals surface area contributed by atoms with E-state index in [4.69, 9.17) is 11.6 Å². The minimum absolute atomic E-state index is 0.812. The Bertz CT molecular complexity index is 409. The molecule has 0 radical (unpaired) electrons. The van der Waals surface area contributed by atoms with Gasteiger partial charge in [-0.2, -0.15) is 0 Å². The van der Waals surface area contributed by atoms with E-state index in [-0.39, 0.29) is 0 Å². The maximum absolute atomic E-state index is 5.99. The van der Waals surface area contributed by atoms with Gasteiger partial charge in [0.2, 0.25) is 0 Å². The molecule has 0 N–H and O–H groups in total. The molecule has 1 heterocycles. The fraction of sp³-hybridized carbons (Fsp3) is 0.286. The summed E-state index contributed by atoms with van der Waals surface area (Å²) in [5, 5.41) is 0.812. The van der Waals surface area contributed by atoms with Gasteiger partial charge in [-0.25, -0.2) is 0 Å². The van der Waals surface area contributed by atoms with Crippen molar-refractivity contribution in [3.63, 3.8) is 0 Å².